The SMILES string of the molecule is CCCCCCc1nc2cc(F)ccc2cc1CCNc1ncnc2[nH]cnc12. The molecule has 0 saturated heterocycles. The highest BCUT2D eigenvalue weighted by atomic mass is 19.1. The maximum atomic E-state index is 13.6. The van der Waals surface area contributed by atoms with Crippen LogP contribution in [0.2, 0.25) is 0 Å². The first-order chi connectivity index (χ1) is 14.2. The Morgan fingerprint density at radius 2 is 1.97 bits per heavy atom. The number of imidazole rings is 1. The predicted octanol–water partition coefficient (Wildman–Crippen LogP) is 4.82. The molecule has 0 fully saturated rings. The number of H-pyrrole nitrogens is 1. The summed E-state index contributed by atoms with van der Waals surface area (Å²) < 4.78 is 13.6. The van der Waals surface area contributed by atoms with E-state index in [0.717, 1.165) is 47.2 Å². The number of unbranched alkanes of at least 4 members (excludes halogenated alkanes) is 3. The fourth-order valence-corrected chi connectivity index (χ4v) is 3.59. The van der Waals surface area contributed by atoms with Gasteiger partial charge in [0, 0.05) is 23.7 Å². The van der Waals surface area contributed by atoms with Crippen LogP contribution >= 0.6 is 0 Å². The molecule has 0 aliphatic rings. The lowest BCUT2D eigenvalue weighted by molar-refractivity contribution is 0.629. The number of pyridine rings is 1. The minimum absolute atomic E-state index is 0.247. The Hall–Kier alpha value is -3.09. The zero-order chi connectivity index (χ0) is 20.1. The molecule has 0 aliphatic heterocycles. The Morgan fingerprint density at radius 1 is 1.03 bits per heavy atom. The van der Waals surface area contributed by atoms with Crippen LogP contribution in [0.15, 0.2) is 36.9 Å². The van der Waals surface area contributed by atoms with E-state index in [-0.39, 0.29) is 5.82 Å². The third kappa shape index (κ3) is 4.50. The average molecular weight is 392 g/mol. The van der Waals surface area contributed by atoms with Crippen LogP contribution in [0.25, 0.3) is 22.1 Å². The summed E-state index contributed by atoms with van der Waals surface area (Å²) in [6, 6.07) is 6.94. The number of aromatic amines is 1. The number of fused-ring (bicyclic) bond motifs is 2. The number of benzene rings is 1. The Morgan fingerprint density at radius 3 is 2.86 bits per heavy atom. The summed E-state index contributed by atoms with van der Waals surface area (Å²) in [6.45, 7) is 2.91. The van der Waals surface area contributed by atoms with Gasteiger partial charge in [-0.05, 0) is 43.0 Å². The molecular formula is C22H25FN6. The second-order valence-corrected chi connectivity index (χ2v) is 7.24. The van der Waals surface area contributed by atoms with Gasteiger partial charge in [0.15, 0.2) is 11.5 Å². The van der Waals surface area contributed by atoms with Gasteiger partial charge in [-0.1, -0.05) is 26.2 Å². The van der Waals surface area contributed by atoms with Crippen LogP contribution < -0.4 is 5.32 Å². The normalized spacial score (nSPS) is 11.4. The number of hydrogen-bond donors (Lipinski definition) is 2. The minimum atomic E-state index is -0.247. The summed E-state index contributed by atoms with van der Waals surface area (Å²) in [5, 5.41) is 4.33. The summed E-state index contributed by atoms with van der Waals surface area (Å²) in [7, 11) is 0. The lowest BCUT2D eigenvalue weighted by Crippen LogP contribution is -2.10. The van der Waals surface area contributed by atoms with Crippen molar-refractivity contribution >= 4 is 27.9 Å². The fourth-order valence-electron chi connectivity index (χ4n) is 3.59. The summed E-state index contributed by atoms with van der Waals surface area (Å²) in [5.74, 6) is 0.472. The first kappa shape index (κ1) is 19.2. The molecular weight excluding hydrogens is 367 g/mol. The van der Waals surface area contributed by atoms with Gasteiger partial charge in [-0.15, -0.1) is 0 Å². The lowest BCUT2D eigenvalue weighted by atomic mass is 10.0. The van der Waals surface area contributed by atoms with Gasteiger partial charge in [0.05, 0.1) is 11.8 Å². The van der Waals surface area contributed by atoms with E-state index in [0.29, 0.717) is 12.2 Å². The van der Waals surface area contributed by atoms with E-state index >= 15 is 0 Å². The predicted molar refractivity (Wildman–Crippen MR) is 113 cm³/mol. The molecule has 150 valence electrons. The van der Waals surface area contributed by atoms with Crippen molar-refractivity contribution in [3.05, 3.63) is 54.0 Å². The van der Waals surface area contributed by atoms with E-state index in [1.165, 1.54) is 43.3 Å². The molecule has 0 atom stereocenters. The quantitative estimate of drug-likeness (QED) is 0.399. The molecule has 3 aromatic heterocycles. The molecule has 7 heteroatoms. The molecule has 0 aliphatic carbocycles. The molecule has 4 rings (SSSR count). The van der Waals surface area contributed by atoms with Crippen molar-refractivity contribution < 1.29 is 4.39 Å². The molecule has 4 aromatic rings. The standard InChI is InChI=1S/C22H25FN6/c1-2-3-4-5-6-18-16(11-15-7-8-17(23)12-19(15)29-18)9-10-24-21-20-22(26-13-25-20)28-14-27-21/h7-8,11-14H,2-6,9-10H2,1H3,(H2,24,25,26,27,28). The van der Waals surface area contributed by atoms with Crippen LogP contribution in [0.1, 0.15) is 43.9 Å². The molecule has 0 bridgehead atoms. The third-order valence-corrected chi connectivity index (χ3v) is 5.12. The lowest BCUT2D eigenvalue weighted by Gasteiger charge is -2.12. The van der Waals surface area contributed by atoms with Gasteiger partial charge < -0.3 is 10.3 Å². The number of hydrogen-bond acceptors (Lipinski definition) is 5. The molecule has 29 heavy (non-hydrogen) atoms. The first-order valence-corrected chi connectivity index (χ1v) is 10.2. The van der Waals surface area contributed by atoms with Gasteiger partial charge in [0.2, 0.25) is 0 Å². The topological polar surface area (TPSA) is 79.4 Å². The molecule has 0 radical (unpaired) electrons. The van der Waals surface area contributed by atoms with Crippen LogP contribution in [0.4, 0.5) is 10.2 Å². The molecule has 0 unspecified atom stereocenters. The zero-order valence-corrected chi connectivity index (χ0v) is 16.6. The Balaban J connectivity index is 1.52. The highest BCUT2D eigenvalue weighted by Crippen LogP contribution is 2.21. The summed E-state index contributed by atoms with van der Waals surface area (Å²) in [5.41, 5.74) is 4.43. The third-order valence-electron chi connectivity index (χ3n) is 5.12. The van der Waals surface area contributed by atoms with Crippen molar-refractivity contribution in [2.75, 3.05) is 11.9 Å². The molecule has 3 heterocycles. The van der Waals surface area contributed by atoms with Crippen LogP contribution in [-0.2, 0) is 12.8 Å². The Bertz CT molecular complexity index is 1110. The van der Waals surface area contributed by atoms with Crippen LogP contribution in [0.3, 0.4) is 0 Å². The summed E-state index contributed by atoms with van der Waals surface area (Å²) in [4.78, 5) is 20.5. The number of halogens is 1. The van der Waals surface area contributed by atoms with Crippen molar-refractivity contribution in [3.8, 4) is 0 Å². The molecule has 0 spiro atoms. The first-order valence-electron chi connectivity index (χ1n) is 10.2. The van der Waals surface area contributed by atoms with Gasteiger partial charge in [0.1, 0.15) is 17.7 Å². The molecule has 6 nitrogen and oxygen atoms in total. The zero-order valence-electron chi connectivity index (χ0n) is 16.6. The monoisotopic (exact) mass is 392 g/mol. The molecule has 0 amide bonds. The summed E-state index contributed by atoms with van der Waals surface area (Å²) >= 11 is 0. The van der Waals surface area contributed by atoms with Crippen molar-refractivity contribution in [1.82, 2.24) is 24.9 Å². The van der Waals surface area contributed by atoms with E-state index < -0.39 is 0 Å². The number of nitrogens with zero attached hydrogens (tertiary/aromatic N) is 4. The summed E-state index contributed by atoms with van der Waals surface area (Å²) in [6.07, 6.45) is 9.58. The molecule has 1 aromatic carbocycles. The number of aromatic nitrogens is 5. The van der Waals surface area contributed by atoms with Crippen LogP contribution in [0, 0.1) is 5.82 Å². The van der Waals surface area contributed by atoms with E-state index in [1.807, 2.05) is 0 Å². The maximum Gasteiger partial charge on any atom is 0.162 e. The van der Waals surface area contributed by atoms with Crippen molar-refractivity contribution in [1.29, 1.82) is 0 Å². The second-order valence-electron chi connectivity index (χ2n) is 7.24. The number of nitrogens with one attached hydrogen (secondary N) is 2. The number of rotatable bonds is 9. The largest absolute Gasteiger partial charge is 0.368 e. The average Bonchev–Trinajstić information content (AvgIpc) is 3.21. The van der Waals surface area contributed by atoms with Crippen LogP contribution in [-0.4, -0.2) is 31.5 Å². The van der Waals surface area contributed by atoms with Gasteiger partial charge >= 0.3 is 0 Å². The fraction of sp³-hybridized carbons (Fsp3) is 0.364. The van der Waals surface area contributed by atoms with Gasteiger partial charge in [-0.3, -0.25) is 4.98 Å². The number of aryl methyl sites for hydroxylation is 1. The van der Waals surface area contributed by atoms with Crippen molar-refractivity contribution in [2.24, 2.45) is 0 Å². The van der Waals surface area contributed by atoms with Gasteiger partial charge in [-0.2, -0.15) is 0 Å². The van der Waals surface area contributed by atoms with E-state index in [9.17, 15) is 4.39 Å². The smallest absolute Gasteiger partial charge is 0.162 e. The van der Waals surface area contributed by atoms with E-state index in [2.05, 4.69) is 38.2 Å². The second kappa shape index (κ2) is 8.94. The highest BCUT2D eigenvalue weighted by molar-refractivity contribution is 5.82. The van der Waals surface area contributed by atoms with Crippen molar-refractivity contribution in [2.45, 2.75) is 45.4 Å². The van der Waals surface area contributed by atoms with Gasteiger partial charge in [-0.25, -0.2) is 19.3 Å². The van der Waals surface area contributed by atoms with E-state index in [4.69, 9.17) is 4.98 Å². The number of anilines is 1. The van der Waals surface area contributed by atoms with E-state index in [1.54, 1.807) is 12.4 Å². The molecule has 2 N–H and O–H groups in total. The minimum Gasteiger partial charge on any atom is -0.368 e. The van der Waals surface area contributed by atoms with Crippen molar-refractivity contribution in [3.63, 3.8) is 0 Å². The maximum absolute atomic E-state index is 13.6. The highest BCUT2D eigenvalue weighted by Gasteiger charge is 2.10. The van der Waals surface area contributed by atoms with Gasteiger partial charge in [0.25, 0.3) is 0 Å². The Labute approximate surface area is 169 Å². The Kier molecular flexibility index (Phi) is 5.93. The van der Waals surface area contributed by atoms with Crippen LogP contribution in [0.5, 0.6) is 0 Å². The molecule has 0 saturated carbocycles.